The van der Waals surface area contributed by atoms with E-state index in [9.17, 15) is 14.7 Å². The van der Waals surface area contributed by atoms with Crippen LogP contribution < -0.4 is 4.74 Å². The minimum atomic E-state index is -1.03. The van der Waals surface area contributed by atoms with Crippen LogP contribution in [0, 0.1) is 6.92 Å². The highest BCUT2D eigenvalue weighted by molar-refractivity contribution is 7.21. The maximum absolute atomic E-state index is 13.0. The van der Waals surface area contributed by atoms with Crippen molar-refractivity contribution in [2.45, 2.75) is 6.92 Å². The molecule has 0 unspecified atom stereocenters. The lowest BCUT2D eigenvalue weighted by molar-refractivity contribution is -0.131. The number of carboxylic acid groups (broad SMARTS) is 1. The van der Waals surface area contributed by atoms with Crippen molar-refractivity contribution in [1.82, 2.24) is 0 Å². The van der Waals surface area contributed by atoms with Gasteiger partial charge in [-0.1, -0.05) is 12.1 Å². The van der Waals surface area contributed by atoms with E-state index in [2.05, 4.69) is 0 Å². The molecule has 6 nitrogen and oxygen atoms in total. The first-order chi connectivity index (χ1) is 14.4. The minimum Gasteiger partial charge on any atom is -0.508 e. The number of phenolic OH excluding ortho intramolecular Hbond substituents is 1. The third-order valence-corrected chi connectivity index (χ3v) is 5.44. The number of ether oxygens (including phenoxy) is 1. The van der Waals surface area contributed by atoms with Gasteiger partial charge in [0.05, 0.1) is 6.26 Å². The molecule has 7 heteroatoms. The zero-order valence-electron chi connectivity index (χ0n) is 15.8. The number of thiophene rings is 1. The number of aromatic hydroxyl groups is 1. The molecule has 0 fully saturated rings. The Balaban J connectivity index is 1.73. The first kappa shape index (κ1) is 19.5. The topological polar surface area (TPSA) is 97.0 Å². The van der Waals surface area contributed by atoms with E-state index < -0.39 is 5.97 Å². The molecule has 150 valence electrons. The van der Waals surface area contributed by atoms with Gasteiger partial charge < -0.3 is 19.4 Å². The van der Waals surface area contributed by atoms with Crippen molar-refractivity contribution >= 4 is 39.3 Å². The van der Waals surface area contributed by atoms with Gasteiger partial charge in [-0.2, -0.15) is 0 Å². The molecule has 0 spiro atoms. The van der Waals surface area contributed by atoms with E-state index >= 15 is 0 Å². The van der Waals surface area contributed by atoms with E-state index in [1.807, 2.05) is 6.92 Å². The van der Waals surface area contributed by atoms with Crippen LogP contribution in [-0.2, 0) is 4.79 Å². The molecule has 0 saturated carbocycles. The van der Waals surface area contributed by atoms with E-state index in [1.54, 1.807) is 42.5 Å². The van der Waals surface area contributed by atoms with Gasteiger partial charge in [0.2, 0.25) is 5.78 Å². The number of carbonyl (C=O) groups is 2. The first-order valence-electron chi connectivity index (χ1n) is 8.95. The van der Waals surface area contributed by atoms with Crippen LogP contribution in [0.25, 0.3) is 16.2 Å². The Morgan fingerprint density at radius 3 is 2.53 bits per heavy atom. The van der Waals surface area contributed by atoms with Gasteiger partial charge in [-0.15, -0.1) is 11.3 Å². The molecular formula is C23H16O6S. The Morgan fingerprint density at radius 2 is 1.87 bits per heavy atom. The van der Waals surface area contributed by atoms with Crippen LogP contribution in [0.4, 0.5) is 0 Å². The molecule has 0 bridgehead atoms. The summed E-state index contributed by atoms with van der Waals surface area (Å²) in [5.41, 5.74) is 1.54. The van der Waals surface area contributed by atoms with Gasteiger partial charge in [-0.3, -0.25) is 4.79 Å². The normalized spacial score (nSPS) is 11.2. The number of rotatable bonds is 6. The number of carboxylic acids is 1. The molecule has 0 aliphatic rings. The summed E-state index contributed by atoms with van der Waals surface area (Å²) in [5, 5.41) is 19.2. The average molecular weight is 420 g/mol. The number of hydrogen-bond donors (Lipinski definition) is 2. The van der Waals surface area contributed by atoms with Gasteiger partial charge in [0.1, 0.15) is 16.4 Å². The molecular weight excluding hydrogens is 404 g/mol. The molecule has 4 rings (SSSR count). The second kappa shape index (κ2) is 7.88. The van der Waals surface area contributed by atoms with Crippen LogP contribution in [0.15, 0.2) is 65.3 Å². The third-order valence-electron chi connectivity index (χ3n) is 4.31. The molecule has 30 heavy (non-hydrogen) atoms. The van der Waals surface area contributed by atoms with Crippen molar-refractivity contribution in [3.05, 3.63) is 82.6 Å². The fourth-order valence-corrected chi connectivity index (χ4v) is 4.01. The SMILES string of the molecule is Cc1coc(C(=O)c2sc3cc(O)ccc3c2Oc2ccc(/C=C/C(=O)O)cc2)c1. The Kier molecular flexibility index (Phi) is 5.12. The summed E-state index contributed by atoms with van der Waals surface area (Å²) < 4.78 is 12.1. The van der Waals surface area contributed by atoms with Gasteiger partial charge in [0.25, 0.3) is 0 Å². The largest absolute Gasteiger partial charge is 0.508 e. The molecule has 0 amide bonds. The van der Waals surface area contributed by atoms with Crippen LogP contribution in [0.2, 0.25) is 0 Å². The molecule has 2 N–H and O–H groups in total. The summed E-state index contributed by atoms with van der Waals surface area (Å²) in [5.74, 6) is -0.165. The summed E-state index contributed by atoms with van der Waals surface area (Å²) in [6, 6.07) is 13.3. The quantitative estimate of drug-likeness (QED) is 0.310. The Morgan fingerprint density at radius 1 is 1.10 bits per heavy atom. The number of phenols is 1. The number of benzene rings is 2. The number of aryl methyl sites for hydroxylation is 1. The maximum Gasteiger partial charge on any atom is 0.328 e. The summed E-state index contributed by atoms with van der Waals surface area (Å²) >= 11 is 1.21. The minimum absolute atomic E-state index is 0.0951. The molecule has 0 aliphatic carbocycles. The lowest BCUT2D eigenvalue weighted by atomic mass is 10.1. The molecule has 0 atom stereocenters. The highest BCUT2D eigenvalue weighted by atomic mass is 32.1. The molecule has 2 heterocycles. The Hall–Kier alpha value is -3.84. The van der Waals surface area contributed by atoms with Gasteiger partial charge in [0.15, 0.2) is 11.5 Å². The molecule has 2 aromatic carbocycles. The monoisotopic (exact) mass is 420 g/mol. The van der Waals surface area contributed by atoms with E-state index in [0.717, 1.165) is 11.6 Å². The molecule has 2 aromatic heterocycles. The second-order valence-electron chi connectivity index (χ2n) is 6.60. The van der Waals surface area contributed by atoms with Crippen molar-refractivity contribution in [2.24, 2.45) is 0 Å². The fourth-order valence-electron chi connectivity index (χ4n) is 2.91. The van der Waals surface area contributed by atoms with Crippen LogP contribution >= 0.6 is 11.3 Å². The van der Waals surface area contributed by atoms with Crippen molar-refractivity contribution in [3.63, 3.8) is 0 Å². The average Bonchev–Trinajstić information content (AvgIpc) is 3.30. The number of ketones is 1. The van der Waals surface area contributed by atoms with Crippen LogP contribution in [0.1, 0.15) is 26.6 Å². The van der Waals surface area contributed by atoms with E-state index in [0.29, 0.717) is 32.0 Å². The van der Waals surface area contributed by atoms with Crippen molar-refractivity contribution in [1.29, 1.82) is 0 Å². The fraction of sp³-hybridized carbons (Fsp3) is 0.0435. The number of hydrogen-bond acceptors (Lipinski definition) is 6. The lowest BCUT2D eigenvalue weighted by Crippen LogP contribution is -1.99. The van der Waals surface area contributed by atoms with Crippen molar-refractivity contribution in [3.8, 4) is 17.2 Å². The molecule has 0 radical (unpaired) electrons. The highest BCUT2D eigenvalue weighted by Crippen LogP contribution is 2.42. The number of furan rings is 1. The van der Waals surface area contributed by atoms with Crippen LogP contribution in [0.5, 0.6) is 17.2 Å². The predicted molar refractivity (Wildman–Crippen MR) is 114 cm³/mol. The standard InChI is InChI=1S/C23H16O6S/c1-13-10-18(28-12-13)21(27)23-22(17-8-5-15(24)11-19(17)30-23)29-16-6-2-14(3-7-16)4-9-20(25)26/h2-12,24H,1H3,(H,25,26)/b9-4+. The van der Waals surface area contributed by atoms with Gasteiger partial charge >= 0.3 is 5.97 Å². The predicted octanol–water partition coefficient (Wildman–Crippen LogP) is 5.63. The van der Waals surface area contributed by atoms with E-state index in [-0.39, 0.29) is 17.3 Å². The summed E-state index contributed by atoms with van der Waals surface area (Å²) in [4.78, 5) is 24.1. The lowest BCUT2D eigenvalue weighted by Gasteiger charge is -2.07. The first-order valence-corrected chi connectivity index (χ1v) is 9.76. The Bertz CT molecular complexity index is 1280. The van der Waals surface area contributed by atoms with Gasteiger partial charge in [-0.25, -0.2) is 4.79 Å². The summed E-state index contributed by atoms with van der Waals surface area (Å²) in [6.45, 7) is 1.83. The maximum atomic E-state index is 13.0. The second-order valence-corrected chi connectivity index (χ2v) is 7.65. The number of fused-ring (bicyclic) bond motifs is 1. The zero-order chi connectivity index (χ0) is 21.3. The molecule has 0 aliphatic heterocycles. The van der Waals surface area contributed by atoms with Crippen LogP contribution in [-0.4, -0.2) is 22.0 Å². The Labute approximate surface area is 175 Å². The summed E-state index contributed by atoms with van der Waals surface area (Å²) in [7, 11) is 0. The van der Waals surface area contributed by atoms with E-state index in [1.165, 1.54) is 29.7 Å². The van der Waals surface area contributed by atoms with E-state index in [4.69, 9.17) is 14.3 Å². The number of aliphatic carboxylic acids is 1. The third kappa shape index (κ3) is 3.97. The number of carbonyl (C=O) groups excluding carboxylic acids is 1. The smallest absolute Gasteiger partial charge is 0.328 e. The van der Waals surface area contributed by atoms with Gasteiger partial charge in [-0.05, 0) is 60.5 Å². The highest BCUT2D eigenvalue weighted by Gasteiger charge is 2.24. The van der Waals surface area contributed by atoms with Gasteiger partial charge in [0, 0.05) is 16.2 Å². The van der Waals surface area contributed by atoms with Crippen LogP contribution in [0.3, 0.4) is 0 Å². The molecule has 0 saturated heterocycles. The zero-order valence-corrected chi connectivity index (χ0v) is 16.6. The van der Waals surface area contributed by atoms with Crippen molar-refractivity contribution in [2.75, 3.05) is 0 Å². The summed E-state index contributed by atoms with van der Waals surface area (Å²) in [6.07, 6.45) is 4.04. The van der Waals surface area contributed by atoms with Crippen molar-refractivity contribution < 1.29 is 29.0 Å². The molecule has 4 aromatic rings.